The summed E-state index contributed by atoms with van der Waals surface area (Å²) in [6, 6.07) is 16.8. The minimum atomic E-state index is -0.573. The van der Waals surface area contributed by atoms with Crippen LogP contribution in [0.15, 0.2) is 60.7 Å². The second kappa shape index (κ2) is 7.58. The Morgan fingerprint density at radius 2 is 2.07 bits per heavy atom. The Morgan fingerprint density at radius 3 is 2.78 bits per heavy atom. The monoisotopic (exact) mass is 358 g/mol. The van der Waals surface area contributed by atoms with E-state index in [0.717, 1.165) is 22.0 Å². The number of carbonyl (C=O) groups excluding carboxylic acids is 1. The number of hydrogen-bond donors (Lipinski definition) is 2. The van der Waals surface area contributed by atoms with Crippen molar-refractivity contribution < 1.29 is 9.53 Å². The quantitative estimate of drug-likeness (QED) is 0.657. The van der Waals surface area contributed by atoms with E-state index in [1.165, 1.54) is 0 Å². The number of nitrogens with two attached hydrogens (primary N) is 1. The Balaban J connectivity index is 2.12. The summed E-state index contributed by atoms with van der Waals surface area (Å²) in [4.78, 5) is 15.7. The van der Waals surface area contributed by atoms with E-state index in [0.29, 0.717) is 23.6 Å². The second-order valence-electron chi connectivity index (χ2n) is 5.92. The fourth-order valence-electron chi connectivity index (χ4n) is 2.78. The number of hydrogen-bond acceptors (Lipinski definition) is 5. The third-order valence-electron chi connectivity index (χ3n) is 4.14. The maximum Gasteiger partial charge on any atom is 0.267 e. The van der Waals surface area contributed by atoms with Crippen molar-refractivity contribution in [2.45, 2.75) is 0 Å². The van der Waals surface area contributed by atoms with Gasteiger partial charge in [-0.05, 0) is 29.7 Å². The predicted molar refractivity (Wildman–Crippen MR) is 105 cm³/mol. The van der Waals surface area contributed by atoms with Gasteiger partial charge in [-0.1, -0.05) is 30.8 Å². The number of pyridine rings is 1. The molecule has 0 saturated heterocycles. The van der Waals surface area contributed by atoms with Gasteiger partial charge in [0.05, 0.1) is 24.6 Å². The number of aromatic nitrogens is 1. The maximum atomic E-state index is 11.4. The van der Waals surface area contributed by atoms with Crippen molar-refractivity contribution in [3.8, 4) is 23.1 Å². The first kappa shape index (κ1) is 18.0. The molecule has 0 spiro atoms. The van der Waals surface area contributed by atoms with Gasteiger partial charge in [0.1, 0.15) is 11.4 Å². The van der Waals surface area contributed by atoms with Gasteiger partial charge in [-0.25, -0.2) is 4.98 Å². The molecule has 0 saturated carbocycles. The van der Waals surface area contributed by atoms with Crippen LogP contribution in [0.3, 0.4) is 0 Å². The molecule has 0 fully saturated rings. The third-order valence-corrected chi connectivity index (χ3v) is 4.14. The molecule has 1 heterocycles. The second-order valence-corrected chi connectivity index (χ2v) is 5.92. The van der Waals surface area contributed by atoms with Crippen LogP contribution in [-0.4, -0.2) is 24.5 Å². The highest BCUT2D eigenvalue weighted by atomic mass is 16.5. The molecule has 3 aromatic rings. The van der Waals surface area contributed by atoms with Crippen molar-refractivity contribution in [2.24, 2.45) is 5.73 Å². The van der Waals surface area contributed by atoms with Gasteiger partial charge in [-0.15, -0.1) is 0 Å². The van der Waals surface area contributed by atoms with Crippen molar-refractivity contribution in [2.75, 3.05) is 19.0 Å². The molecule has 3 rings (SSSR count). The molecule has 0 aliphatic heterocycles. The van der Waals surface area contributed by atoms with E-state index >= 15 is 0 Å². The lowest BCUT2D eigenvalue weighted by atomic mass is 10.0. The zero-order valence-electron chi connectivity index (χ0n) is 14.8. The van der Waals surface area contributed by atoms with Crippen molar-refractivity contribution in [1.82, 2.24) is 4.98 Å². The summed E-state index contributed by atoms with van der Waals surface area (Å²) in [5.41, 5.74) is 8.20. The Labute approximate surface area is 156 Å². The topological polar surface area (TPSA) is 101 Å². The molecule has 6 heteroatoms. The number of nitrogens with zero attached hydrogens (tertiary/aromatic N) is 2. The highest BCUT2D eigenvalue weighted by molar-refractivity contribution is 5.99. The lowest BCUT2D eigenvalue weighted by Crippen LogP contribution is -2.13. The van der Waals surface area contributed by atoms with Crippen LogP contribution in [0.2, 0.25) is 0 Å². The van der Waals surface area contributed by atoms with Gasteiger partial charge in [0.25, 0.3) is 5.91 Å². The normalized spacial score (nSPS) is 10.2. The van der Waals surface area contributed by atoms with Gasteiger partial charge in [-0.2, -0.15) is 5.26 Å². The average Bonchev–Trinajstić information content (AvgIpc) is 2.71. The molecule has 6 nitrogen and oxygen atoms in total. The average molecular weight is 358 g/mol. The molecule has 0 atom stereocenters. The number of carbonyl (C=O) groups is 1. The van der Waals surface area contributed by atoms with Crippen LogP contribution in [0, 0.1) is 11.3 Å². The summed E-state index contributed by atoms with van der Waals surface area (Å²) in [6.07, 6.45) is 0. The van der Waals surface area contributed by atoms with Crippen LogP contribution in [0.4, 0.5) is 5.69 Å². The largest absolute Gasteiger partial charge is 0.495 e. The van der Waals surface area contributed by atoms with Crippen LogP contribution < -0.4 is 15.8 Å². The molecule has 134 valence electrons. The molecule has 3 N–H and O–H groups in total. The molecule has 2 aromatic carbocycles. The highest BCUT2D eigenvalue weighted by Crippen LogP contribution is 2.35. The van der Waals surface area contributed by atoms with E-state index in [9.17, 15) is 4.79 Å². The van der Waals surface area contributed by atoms with E-state index in [2.05, 4.69) is 16.9 Å². The Hall–Kier alpha value is -3.85. The van der Waals surface area contributed by atoms with Gasteiger partial charge in [-0.3, -0.25) is 4.79 Å². The molecular formula is C21H18N4O2. The molecular weight excluding hydrogens is 340 g/mol. The van der Waals surface area contributed by atoms with Crippen LogP contribution in [0.25, 0.3) is 22.0 Å². The number of methoxy groups -OCH3 is 1. The van der Waals surface area contributed by atoms with Crippen LogP contribution in [0.5, 0.6) is 5.75 Å². The number of ether oxygens (including phenoxy) is 1. The van der Waals surface area contributed by atoms with Gasteiger partial charge in [0, 0.05) is 23.1 Å². The molecule has 0 aliphatic carbocycles. The van der Waals surface area contributed by atoms with Gasteiger partial charge in [0.2, 0.25) is 0 Å². The van der Waals surface area contributed by atoms with E-state index in [-0.39, 0.29) is 5.69 Å². The Morgan fingerprint density at radius 1 is 1.30 bits per heavy atom. The minimum absolute atomic E-state index is 0.210. The summed E-state index contributed by atoms with van der Waals surface area (Å²) in [6.45, 7) is 4.01. The van der Waals surface area contributed by atoms with Crippen LogP contribution >= 0.6 is 0 Å². The number of anilines is 1. The zero-order chi connectivity index (χ0) is 19.4. The summed E-state index contributed by atoms with van der Waals surface area (Å²) in [5, 5.41) is 14.1. The Kier molecular flexibility index (Phi) is 5.04. The number of amides is 1. The number of benzene rings is 2. The molecule has 0 aliphatic rings. The number of rotatable bonds is 6. The number of fused-ring (bicyclic) bond motifs is 1. The molecule has 0 radical (unpaired) electrons. The lowest BCUT2D eigenvalue weighted by Gasteiger charge is -2.15. The third kappa shape index (κ3) is 3.72. The van der Waals surface area contributed by atoms with Crippen molar-refractivity contribution in [1.29, 1.82) is 5.26 Å². The van der Waals surface area contributed by atoms with Crippen molar-refractivity contribution in [3.05, 3.63) is 66.4 Å². The number of nitriles is 1. The van der Waals surface area contributed by atoms with Crippen molar-refractivity contribution in [3.63, 3.8) is 0 Å². The molecule has 0 unspecified atom stereocenters. The van der Waals surface area contributed by atoms with E-state index in [1.807, 2.05) is 42.5 Å². The summed E-state index contributed by atoms with van der Waals surface area (Å²) < 4.78 is 5.46. The maximum absolute atomic E-state index is 11.4. The first-order valence-electron chi connectivity index (χ1n) is 8.23. The SMILES string of the molecule is C=C(C#N)CNc1c(OC)ccc2ccc(-c3cccc(C(N)=O)n3)cc12. The fourth-order valence-corrected chi connectivity index (χ4v) is 2.78. The van der Waals surface area contributed by atoms with Gasteiger partial charge in [0.15, 0.2) is 0 Å². The molecule has 0 bridgehead atoms. The number of primary amides is 1. The highest BCUT2D eigenvalue weighted by Gasteiger charge is 2.11. The van der Waals surface area contributed by atoms with Crippen molar-refractivity contribution >= 4 is 22.4 Å². The smallest absolute Gasteiger partial charge is 0.267 e. The minimum Gasteiger partial charge on any atom is -0.495 e. The van der Waals surface area contributed by atoms with Gasteiger partial charge < -0.3 is 15.8 Å². The predicted octanol–water partition coefficient (Wildman–Crippen LogP) is 3.50. The van der Waals surface area contributed by atoms with Gasteiger partial charge >= 0.3 is 0 Å². The Bertz CT molecular complexity index is 1080. The zero-order valence-corrected chi connectivity index (χ0v) is 14.8. The lowest BCUT2D eigenvalue weighted by molar-refractivity contribution is 0.0995. The van der Waals surface area contributed by atoms with E-state index < -0.39 is 5.91 Å². The van der Waals surface area contributed by atoms with E-state index in [1.54, 1.807) is 19.2 Å². The summed E-state index contributed by atoms with van der Waals surface area (Å²) >= 11 is 0. The standard InChI is InChI=1S/C21H18N4O2/c1-13(11-22)12-24-20-16-10-15(7-6-14(16)8-9-19(20)27-2)17-4-3-5-18(25-17)21(23)26/h3-10,24H,1,12H2,2H3,(H2,23,26). The molecule has 1 amide bonds. The van der Waals surface area contributed by atoms with E-state index in [4.69, 9.17) is 15.7 Å². The van der Waals surface area contributed by atoms with Crippen LogP contribution in [-0.2, 0) is 0 Å². The molecule has 27 heavy (non-hydrogen) atoms. The first-order chi connectivity index (χ1) is 13.0. The summed E-state index contributed by atoms with van der Waals surface area (Å²) in [5.74, 6) is 0.0842. The molecule has 1 aromatic heterocycles. The number of nitrogens with one attached hydrogen (secondary N) is 1. The summed E-state index contributed by atoms with van der Waals surface area (Å²) in [7, 11) is 1.59. The fraction of sp³-hybridized carbons (Fsp3) is 0.0952. The van der Waals surface area contributed by atoms with Crippen LogP contribution in [0.1, 0.15) is 10.5 Å². The first-order valence-corrected chi connectivity index (χ1v) is 8.23.